The Morgan fingerprint density at radius 1 is 1.13 bits per heavy atom. The zero-order chi connectivity index (χ0) is 22.0. The van der Waals surface area contributed by atoms with Gasteiger partial charge < -0.3 is 9.15 Å². The van der Waals surface area contributed by atoms with Crippen LogP contribution in [0.1, 0.15) is 23.9 Å². The van der Waals surface area contributed by atoms with E-state index in [0.29, 0.717) is 33.8 Å². The van der Waals surface area contributed by atoms with Crippen LogP contribution in [-0.2, 0) is 4.79 Å². The molecule has 1 N–H and O–H groups in total. The van der Waals surface area contributed by atoms with Crippen molar-refractivity contribution in [3.63, 3.8) is 0 Å². The Bertz CT molecular complexity index is 1270. The molecule has 1 unspecified atom stereocenters. The lowest BCUT2D eigenvalue weighted by molar-refractivity contribution is -0.122. The van der Waals surface area contributed by atoms with E-state index in [4.69, 9.17) is 9.15 Å². The van der Waals surface area contributed by atoms with E-state index >= 15 is 0 Å². The number of hydrogen-bond acceptors (Lipinski definition) is 6. The van der Waals surface area contributed by atoms with Gasteiger partial charge in [0, 0.05) is 10.4 Å². The van der Waals surface area contributed by atoms with Gasteiger partial charge in [-0.25, -0.2) is 4.98 Å². The van der Waals surface area contributed by atoms with Crippen molar-refractivity contribution in [1.29, 1.82) is 0 Å². The number of rotatable bonds is 6. The molecule has 4 rings (SSSR count). The SMILES string of the molecule is CCC(Oc1c(-c2ccccc2)oc2ccccc2c1=O)C(=O)Nc1nc(C)c(C)s1. The second-order valence-electron chi connectivity index (χ2n) is 7.12. The number of nitrogens with zero attached hydrogens (tertiary/aromatic N) is 1. The standard InChI is InChI=1S/C24H22N2O4S/c1-4-18(23(28)26-24-25-14(2)15(3)31-24)29-22-20(27)17-12-8-9-13-19(17)30-21(22)16-10-6-5-7-11-16/h5-13,18H,4H2,1-3H3,(H,25,26,28). The highest BCUT2D eigenvalue weighted by Gasteiger charge is 2.25. The van der Waals surface area contributed by atoms with E-state index in [1.54, 1.807) is 24.3 Å². The number of para-hydroxylation sites is 1. The number of amides is 1. The number of aromatic nitrogens is 1. The molecule has 2 aromatic heterocycles. The maximum absolute atomic E-state index is 13.3. The van der Waals surface area contributed by atoms with Gasteiger partial charge in [0.1, 0.15) is 5.58 Å². The highest BCUT2D eigenvalue weighted by Crippen LogP contribution is 2.32. The Morgan fingerprint density at radius 3 is 2.52 bits per heavy atom. The number of ether oxygens (including phenoxy) is 1. The summed E-state index contributed by atoms with van der Waals surface area (Å²) in [4.78, 5) is 31.5. The fraction of sp³-hybridized carbons (Fsp3) is 0.208. The molecule has 1 amide bonds. The lowest BCUT2D eigenvalue weighted by atomic mass is 10.1. The molecule has 1 atom stereocenters. The van der Waals surface area contributed by atoms with Gasteiger partial charge in [0.25, 0.3) is 5.91 Å². The molecule has 31 heavy (non-hydrogen) atoms. The second-order valence-corrected chi connectivity index (χ2v) is 8.32. The molecule has 4 aromatic rings. The Labute approximate surface area is 183 Å². The molecule has 0 bridgehead atoms. The maximum Gasteiger partial charge on any atom is 0.267 e. The molecule has 6 nitrogen and oxygen atoms in total. The van der Waals surface area contributed by atoms with Crippen molar-refractivity contribution in [3.8, 4) is 17.1 Å². The van der Waals surface area contributed by atoms with Crippen molar-refractivity contribution in [2.24, 2.45) is 0 Å². The molecular formula is C24H22N2O4S. The lowest BCUT2D eigenvalue weighted by Gasteiger charge is -2.18. The van der Waals surface area contributed by atoms with Gasteiger partial charge in [-0.1, -0.05) is 49.4 Å². The van der Waals surface area contributed by atoms with Crippen LogP contribution in [0.2, 0.25) is 0 Å². The third-order valence-electron chi connectivity index (χ3n) is 4.97. The number of carbonyl (C=O) groups is 1. The summed E-state index contributed by atoms with van der Waals surface area (Å²) < 4.78 is 12.1. The van der Waals surface area contributed by atoms with E-state index in [1.165, 1.54) is 11.3 Å². The summed E-state index contributed by atoms with van der Waals surface area (Å²) in [6.07, 6.45) is -0.508. The van der Waals surface area contributed by atoms with Crippen molar-refractivity contribution in [2.45, 2.75) is 33.3 Å². The average molecular weight is 435 g/mol. The van der Waals surface area contributed by atoms with Crippen molar-refractivity contribution in [2.75, 3.05) is 5.32 Å². The smallest absolute Gasteiger partial charge is 0.267 e. The minimum Gasteiger partial charge on any atom is -0.473 e. The minimum atomic E-state index is -0.879. The fourth-order valence-corrected chi connectivity index (χ4v) is 4.01. The van der Waals surface area contributed by atoms with Crippen LogP contribution in [0, 0.1) is 13.8 Å². The molecule has 0 radical (unpaired) electrons. The van der Waals surface area contributed by atoms with E-state index in [9.17, 15) is 9.59 Å². The highest BCUT2D eigenvalue weighted by atomic mass is 32.1. The fourth-order valence-electron chi connectivity index (χ4n) is 3.19. The summed E-state index contributed by atoms with van der Waals surface area (Å²) in [5.41, 5.74) is 1.72. The summed E-state index contributed by atoms with van der Waals surface area (Å²) in [6.45, 7) is 5.66. The normalized spacial score (nSPS) is 12.0. The first-order valence-electron chi connectivity index (χ1n) is 10.0. The van der Waals surface area contributed by atoms with Crippen molar-refractivity contribution in [1.82, 2.24) is 4.98 Å². The molecule has 0 aliphatic carbocycles. The molecule has 0 spiro atoms. The maximum atomic E-state index is 13.3. The van der Waals surface area contributed by atoms with Gasteiger partial charge >= 0.3 is 0 Å². The number of nitrogens with one attached hydrogen (secondary N) is 1. The van der Waals surface area contributed by atoms with Crippen molar-refractivity contribution >= 4 is 33.3 Å². The van der Waals surface area contributed by atoms with E-state index in [1.807, 2.05) is 51.1 Å². The van der Waals surface area contributed by atoms with Gasteiger partial charge in [-0.2, -0.15) is 0 Å². The quantitative estimate of drug-likeness (QED) is 0.444. The summed E-state index contributed by atoms with van der Waals surface area (Å²) in [5, 5.41) is 3.71. The number of hydrogen-bond donors (Lipinski definition) is 1. The predicted octanol–water partition coefficient (Wildman–Crippen LogP) is 5.33. The minimum absolute atomic E-state index is 0.0263. The highest BCUT2D eigenvalue weighted by molar-refractivity contribution is 7.15. The van der Waals surface area contributed by atoms with Crippen LogP contribution in [-0.4, -0.2) is 17.0 Å². The van der Waals surface area contributed by atoms with Crippen LogP contribution in [0.25, 0.3) is 22.3 Å². The average Bonchev–Trinajstić information content (AvgIpc) is 3.10. The van der Waals surface area contributed by atoms with Gasteiger partial charge in [0.2, 0.25) is 11.2 Å². The molecule has 0 aliphatic heterocycles. The number of carbonyl (C=O) groups excluding carboxylic acids is 1. The van der Waals surface area contributed by atoms with Gasteiger partial charge in [-0.05, 0) is 32.4 Å². The van der Waals surface area contributed by atoms with Crippen LogP contribution in [0.3, 0.4) is 0 Å². The first-order chi connectivity index (χ1) is 15.0. The number of fused-ring (bicyclic) bond motifs is 1. The van der Waals surface area contributed by atoms with E-state index < -0.39 is 6.10 Å². The van der Waals surface area contributed by atoms with Gasteiger partial charge in [-0.3, -0.25) is 14.9 Å². The van der Waals surface area contributed by atoms with Crippen LogP contribution < -0.4 is 15.5 Å². The molecule has 2 heterocycles. The molecule has 2 aromatic carbocycles. The number of anilines is 1. The predicted molar refractivity (Wildman–Crippen MR) is 123 cm³/mol. The third-order valence-corrected chi connectivity index (χ3v) is 5.96. The van der Waals surface area contributed by atoms with E-state index in [-0.39, 0.29) is 17.1 Å². The van der Waals surface area contributed by atoms with Gasteiger partial charge in [0.15, 0.2) is 17.0 Å². The summed E-state index contributed by atoms with van der Waals surface area (Å²) in [5.74, 6) is -0.0299. The monoisotopic (exact) mass is 434 g/mol. The number of thiazole rings is 1. The van der Waals surface area contributed by atoms with Gasteiger partial charge in [-0.15, -0.1) is 11.3 Å². The summed E-state index contributed by atoms with van der Waals surface area (Å²) >= 11 is 1.40. The van der Waals surface area contributed by atoms with Crippen LogP contribution in [0.4, 0.5) is 5.13 Å². The Hall–Kier alpha value is -3.45. The lowest BCUT2D eigenvalue weighted by Crippen LogP contribution is -2.34. The molecular weight excluding hydrogens is 412 g/mol. The number of benzene rings is 2. The Morgan fingerprint density at radius 2 is 1.84 bits per heavy atom. The van der Waals surface area contributed by atoms with E-state index in [2.05, 4.69) is 10.3 Å². The zero-order valence-electron chi connectivity index (χ0n) is 17.5. The Kier molecular flexibility index (Phi) is 5.86. The first kappa shape index (κ1) is 20.8. The zero-order valence-corrected chi connectivity index (χ0v) is 18.3. The van der Waals surface area contributed by atoms with Crippen LogP contribution >= 0.6 is 11.3 Å². The number of aryl methyl sites for hydroxylation is 2. The van der Waals surface area contributed by atoms with Gasteiger partial charge in [0.05, 0.1) is 11.1 Å². The molecule has 0 aliphatic rings. The van der Waals surface area contributed by atoms with Crippen molar-refractivity contribution in [3.05, 3.63) is 75.4 Å². The molecule has 0 fully saturated rings. The molecule has 7 heteroatoms. The largest absolute Gasteiger partial charge is 0.473 e. The third kappa shape index (κ3) is 4.22. The summed E-state index contributed by atoms with van der Waals surface area (Å²) in [6, 6.07) is 16.3. The van der Waals surface area contributed by atoms with Crippen LogP contribution in [0.5, 0.6) is 5.75 Å². The molecule has 0 saturated carbocycles. The molecule has 0 saturated heterocycles. The molecule has 158 valence electrons. The van der Waals surface area contributed by atoms with E-state index in [0.717, 1.165) is 10.6 Å². The van der Waals surface area contributed by atoms with Crippen LogP contribution in [0.15, 0.2) is 63.8 Å². The summed E-state index contributed by atoms with van der Waals surface area (Å²) in [7, 11) is 0. The second kappa shape index (κ2) is 8.73. The first-order valence-corrected chi connectivity index (χ1v) is 10.8. The Balaban J connectivity index is 1.74. The topological polar surface area (TPSA) is 81.4 Å². The van der Waals surface area contributed by atoms with Crippen molar-refractivity contribution < 1.29 is 13.9 Å².